The second kappa shape index (κ2) is 6.19. The highest BCUT2D eigenvalue weighted by Gasteiger charge is 2.54. The molecule has 2 heterocycles. The van der Waals surface area contributed by atoms with Crippen LogP contribution in [0, 0.1) is 5.41 Å². The van der Waals surface area contributed by atoms with E-state index in [1.165, 1.54) is 41.5 Å². The third-order valence-corrected chi connectivity index (χ3v) is 7.86. The monoisotopic (exact) mass is 398 g/mol. The number of benzene rings is 2. The topological polar surface area (TPSA) is 43.2 Å². The zero-order chi connectivity index (χ0) is 19.7. The van der Waals surface area contributed by atoms with E-state index in [-0.39, 0.29) is 29.7 Å². The largest absolute Gasteiger partial charge is 0.474 e. The lowest BCUT2D eigenvalue weighted by atomic mass is 9.73. The van der Waals surface area contributed by atoms with Gasteiger partial charge in [0.2, 0.25) is 0 Å². The van der Waals surface area contributed by atoms with Crippen LogP contribution in [0.1, 0.15) is 66.4 Å². The Hall–Kier alpha value is -2.62. The highest BCUT2D eigenvalue weighted by Crippen LogP contribution is 2.51. The van der Waals surface area contributed by atoms with Crippen molar-refractivity contribution >= 4 is 11.8 Å². The Bertz CT molecular complexity index is 1000. The molecule has 5 aliphatic rings. The summed E-state index contributed by atoms with van der Waals surface area (Å²) < 4.78 is 13.2. The Labute approximate surface area is 177 Å². The van der Waals surface area contributed by atoms with E-state index in [4.69, 9.17) is 19.5 Å². The molecule has 7 rings (SSSR count). The maximum atomic E-state index is 6.60. The van der Waals surface area contributed by atoms with E-state index < -0.39 is 0 Å². The average molecular weight is 399 g/mol. The molecule has 2 aromatic carbocycles. The van der Waals surface area contributed by atoms with Crippen molar-refractivity contribution in [1.82, 2.24) is 0 Å². The molecule has 0 unspecified atom stereocenters. The highest BCUT2D eigenvalue weighted by molar-refractivity contribution is 6.06. The van der Waals surface area contributed by atoms with Gasteiger partial charge in [-0.15, -0.1) is 0 Å². The van der Waals surface area contributed by atoms with Gasteiger partial charge < -0.3 is 9.47 Å². The number of aliphatic imine (C=N–C) groups is 2. The fourth-order valence-electron chi connectivity index (χ4n) is 6.34. The second-order valence-corrected chi connectivity index (χ2v) is 9.52. The van der Waals surface area contributed by atoms with Crippen molar-refractivity contribution < 1.29 is 9.47 Å². The maximum Gasteiger partial charge on any atom is 0.200 e. The summed E-state index contributed by atoms with van der Waals surface area (Å²) in [5, 5.41) is 0. The van der Waals surface area contributed by atoms with Crippen LogP contribution in [-0.2, 0) is 22.3 Å². The summed E-state index contributed by atoms with van der Waals surface area (Å²) in [6, 6.07) is 17.6. The van der Waals surface area contributed by atoms with E-state index in [1.807, 2.05) is 0 Å². The van der Waals surface area contributed by atoms with Crippen LogP contribution in [0.15, 0.2) is 58.5 Å². The van der Waals surface area contributed by atoms with Gasteiger partial charge in [-0.3, -0.25) is 0 Å². The van der Waals surface area contributed by atoms with Gasteiger partial charge in [0.05, 0.1) is 0 Å². The van der Waals surface area contributed by atoms with Crippen LogP contribution in [-0.4, -0.2) is 24.0 Å². The molecule has 0 radical (unpaired) electrons. The molecule has 1 saturated carbocycles. The van der Waals surface area contributed by atoms with E-state index in [0.29, 0.717) is 0 Å². The first kappa shape index (κ1) is 17.1. The van der Waals surface area contributed by atoms with Crippen LogP contribution in [0.3, 0.4) is 0 Å². The van der Waals surface area contributed by atoms with Gasteiger partial charge in [-0.2, -0.15) is 0 Å². The molecule has 0 aromatic heterocycles. The molecule has 4 heteroatoms. The summed E-state index contributed by atoms with van der Waals surface area (Å²) >= 11 is 0. The van der Waals surface area contributed by atoms with E-state index in [9.17, 15) is 0 Å². The summed E-state index contributed by atoms with van der Waals surface area (Å²) in [6.07, 6.45) is 7.89. The Morgan fingerprint density at radius 1 is 0.667 bits per heavy atom. The summed E-state index contributed by atoms with van der Waals surface area (Å²) in [7, 11) is 0. The quantitative estimate of drug-likeness (QED) is 0.704. The van der Waals surface area contributed by atoms with Crippen molar-refractivity contribution in [2.24, 2.45) is 15.4 Å². The van der Waals surface area contributed by atoms with Gasteiger partial charge in [0.25, 0.3) is 0 Å². The smallest absolute Gasteiger partial charge is 0.200 e. The zero-order valence-corrected chi connectivity index (χ0v) is 17.1. The van der Waals surface area contributed by atoms with Crippen molar-refractivity contribution in [3.63, 3.8) is 0 Å². The number of hydrogen-bond acceptors (Lipinski definition) is 4. The molecule has 1 fully saturated rings. The van der Waals surface area contributed by atoms with Gasteiger partial charge in [-0.25, -0.2) is 9.98 Å². The minimum absolute atomic E-state index is 0.136. The third-order valence-electron chi connectivity index (χ3n) is 7.86. The van der Waals surface area contributed by atoms with Gasteiger partial charge in [0, 0.05) is 12.8 Å². The molecule has 0 spiro atoms. The molecule has 0 bridgehead atoms. The van der Waals surface area contributed by atoms with E-state index in [1.54, 1.807) is 0 Å². The molecule has 152 valence electrons. The molecule has 4 atom stereocenters. The van der Waals surface area contributed by atoms with Gasteiger partial charge in [-0.1, -0.05) is 67.8 Å². The Morgan fingerprint density at radius 3 is 1.70 bits per heavy atom. The SMILES string of the molecule is c1ccc2c(c1)C[C@@H]1OC(C3(C4=N[C@@H]5c6ccccc6C[C@@H]5O4)CCCCC3)=N[C@H]21. The minimum Gasteiger partial charge on any atom is -0.474 e. The van der Waals surface area contributed by atoms with Gasteiger partial charge in [0.15, 0.2) is 11.8 Å². The van der Waals surface area contributed by atoms with Crippen molar-refractivity contribution in [1.29, 1.82) is 0 Å². The molecule has 4 nitrogen and oxygen atoms in total. The van der Waals surface area contributed by atoms with E-state index in [2.05, 4.69) is 48.5 Å². The Kier molecular flexibility index (Phi) is 3.53. The lowest BCUT2D eigenvalue weighted by molar-refractivity contribution is 0.149. The fourth-order valence-corrected chi connectivity index (χ4v) is 6.34. The zero-order valence-electron chi connectivity index (χ0n) is 17.1. The highest BCUT2D eigenvalue weighted by atomic mass is 16.5. The van der Waals surface area contributed by atoms with Crippen molar-refractivity contribution in [3.05, 3.63) is 70.8 Å². The predicted molar refractivity (Wildman–Crippen MR) is 116 cm³/mol. The van der Waals surface area contributed by atoms with Gasteiger partial charge in [0.1, 0.15) is 29.7 Å². The molecular weight excluding hydrogens is 372 g/mol. The van der Waals surface area contributed by atoms with Crippen molar-refractivity contribution in [2.75, 3.05) is 0 Å². The number of rotatable bonds is 2. The summed E-state index contributed by atoms with van der Waals surface area (Å²) in [5.41, 5.74) is 5.17. The molecular formula is C26H26N2O2. The lowest BCUT2D eigenvalue weighted by Gasteiger charge is -2.36. The minimum atomic E-state index is -0.267. The number of hydrogen-bond donors (Lipinski definition) is 0. The van der Waals surface area contributed by atoms with E-state index >= 15 is 0 Å². The number of nitrogens with zero attached hydrogens (tertiary/aromatic N) is 2. The molecule has 2 aromatic rings. The van der Waals surface area contributed by atoms with Crippen LogP contribution in [0.25, 0.3) is 0 Å². The molecule has 0 N–H and O–H groups in total. The molecule has 3 aliphatic carbocycles. The first-order valence-corrected chi connectivity index (χ1v) is 11.5. The van der Waals surface area contributed by atoms with Crippen LogP contribution in [0.2, 0.25) is 0 Å². The first-order chi connectivity index (χ1) is 14.8. The standard InChI is InChI=1S/C26H26N2O2/c1-6-12-26(13-7-1,24-27-22-18-10-4-2-8-16(18)14-20(22)29-24)25-28-23-19-11-5-3-9-17(19)15-21(23)30-25/h2-5,8-11,20-23H,1,6-7,12-15H2/t20-,21-,22+,23+/m0/s1. The third kappa shape index (κ3) is 2.28. The normalized spacial score (nSPS) is 32.3. The first-order valence-electron chi connectivity index (χ1n) is 11.5. The Morgan fingerprint density at radius 2 is 1.17 bits per heavy atom. The molecule has 30 heavy (non-hydrogen) atoms. The van der Waals surface area contributed by atoms with Crippen LogP contribution in [0.5, 0.6) is 0 Å². The van der Waals surface area contributed by atoms with Crippen LogP contribution < -0.4 is 0 Å². The van der Waals surface area contributed by atoms with Crippen molar-refractivity contribution in [2.45, 2.75) is 69.2 Å². The van der Waals surface area contributed by atoms with Crippen LogP contribution in [0.4, 0.5) is 0 Å². The Balaban J connectivity index is 1.28. The van der Waals surface area contributed by atoms with Crippen molar-refractivity contribution in [3.8, 4) is 0 Å². The van der Waals surface area contributed by atoms with Crippen LogP contribution >= 0.6 is 0 Å². The predicted octanol–water partition coefficient (Wildman–Crippen LogP) is 5.13. The number of fused-ring (bicyclic) bond motifs is 6. The fraction of sp³-hybridized carbons (Fsp3) is 0.462. The molecule has 0 amide bonds. The average Bonchev–Trinajstić information content (AvgIpc) is 3.52. The maximum absolute atomic E-state index is 6.60. The summed E-state index contributed by atoms with van der Waals surface area (Å²) in [4.78, 5) is 10.4. The second-order valence-electron chi connectivity index (χ2n) is 9.52. The summed E-state index contributed by atoms with van der Waals surface area (Å²) in [5.74, 6) is 1.80. The molecule has 0 saturated heterocycles. The number of ether oxygens (including phenoxy) is 2. The van der Waals surface area contributed by atoms with E-state index in [0.717, 1.165) is 37.5 Å². The lowest BCUT2D eigenvalue weighted by Crippen LogP contribution is -2.43. The molecule has 2 aliphatic heterocycles. The van der Waals surface area contributed by atoms with Gasteiger partial charge in [-0.05, 0) is 35.1 Å². The summed E-state index contributed by atoms with van der Waals surface area (Å²) in [6.45, 7) is 0. The van der Waals surface area contributed by atoms with Gasteiger partial charge >= 0.3 is 0 Å².